The molecule has 0 bridgehead atoms. The van der Waals surface area contributed by atoms with Gasteiger partial charge in [0, 0.05) is 23.4 Å². The zero-order valence-electron chi connectivity index (χ0n) is 12.4. The molecule has 0 unspecified atom stereocenters. The van der Waals surface area contributed by atoms with Crippen LogP contribution in [0.15, 0.2) is 23.6 Å². The summed E-state index contributed by atoms with van der Waals surface area (Å²) in [7, 11) is 0. The van der Waals surface area contributed by atoms with E-state index in [1.54, 1.807) is 23.6 Å². The van der Waals surface area contributed by atoms with Gasteiger partial charge >= 0.3 is 0 Å². The highest BCUT2D eigenvalue weighted by molar-refractivity contribution is 7.09. The number of ether oxygens (including phenoxy) is 1. The maximum absolute atomic E-state index is 11.9. The van der Waals surface area contributed by atoms with Crippen LogP contribution < -0.4 is 15.8 Å². The second-order valence-electron chi connectivity index (χ2n) is 4.70. The first-order chi connectivity index (χ1) is 11.1. The van der Waals surface area contributed by atoms with Gasteiger partial charge < -0.3 is 15.8 Å². The molecule has 0 atom stereocenters. The van der Waals surface area contributed by atoms with Gasteiger partial charge in [-0.3, -0.25) is 4.79 Å². The Balaban J connectivity index is 1.69. The van der Waals surface area contributed by atoms with E-state index in [4.69, 9.17) is 33.7 Å². The summed E-state index contributed by atoms with van der Waals surface area (Å²) in [6.07, 6.45) is 1.35. The first-order valence-corrected chi connectivity index (χ1v) is 8.74. The summed E-state index contributed by atoms with van der Waals surface area (Å²) >= 11 is 13.3. The summed E-state index contributed by atoms with van der Waals surface area (Å²) in [4.78, 5) is 16.1. The molecule has 1 amide bonds. The molecule has 0 aliphatic carbocycles. The number of nitrogens with zero attached hydrogens (tertiary/aromatic N) is 1. The van der Waals surface area contributed by atoms with Gasteiger partial charge in [-0.05, 0) is 31.2 Å². The summed E-state index contributed by atoms with van der Waals surface area (Å²) in [6, 6.07) is 5.06. The summed E-state index contributed by atoms with van der Waals surface area (Å²) in [5.41, 5.74) is 5.89. The fraction of sp³-hybridized carbons (Fsp3) is 0.333. The molecule has 0 fully saturated rings. The van der Waals surface area contributed by atoms with Crippen LogP contribution in [-0.2, 0) is 6.42 Å². The Morgan fingerprint density at radius 3 is 2.96 bits per heavy atom. The van der Waals surface area contributed by atoms with E-state index in [0.29, 0.717) is 54.0 Å². The van der Waals surface area contributed by atoms with E-state index in [-0.39, 0.29) is 5.91 Å². The van der Waals surface area contributed by atoms with Gasteiger partial charge in [0.1, 0.15) is 11.4 Å². The lowest BCUT2D eigenvalue weighted by atomic mass is 10.3. The quantitative estimate of drug-likeness (QED) is 0.696. The van der Waals surface area contributed by atoms with Crippen molar-refractivity contribution in [1.82, 2.24) is 10.3 Å². The third-order valence-electron chi connectivity index (χ3n) is 2.90. The Kier molecular flexibility index (Phi) is 7.11. The van der Waals surface area contributed by atoms with E-state index < -0.39 is 0 Å². The Labute approximate surface area is 148 Å². The van der Waals surface area contributed by atoms with E-state index in [0.717, 1.165) is 5.01 Å². The van der Waals surface area contributed by atoms with Crippen LogP contribution in [0.4, 0.5) is 0 Å². The normalized spacial score (nSPS) is 10.6. The number of carbonyl (C=O) groups excluding carboxylic acids is 1. The highest BCUT2D eigenvalue weighted by Gasteiger charge is 2.09. The number of aromatic nitrogens is 1. The number of hydrogen-bond donors (Lipinski definition) is 2. The van der Waals surface area contributed by atoms with Gasteiger partial charge in [0.2, 0.25) is 0 Å². The zero-order chi connectivity index (χ0) is 16.7. The van der Waals surface area contributed by atoms with E-state index in [1.807, 2.05) is 0 Å². The molecule has 0 saturated heterocycles. The van der Waals surface area contributed by atoms with E-state index in [9.17, 15) is 4.79 Å². The molecule has 2 rings (SSSR count). The first-order valence-electron chi connectivity index (χ1n) is 7.10. The number of nitrogens with two attached hydrogens (primary N) is 1. The second-order valence-corrected chi connectivity index (χ2v) is 6.48. The molecule has 2 aromatic rings. The molecule has 5 nitrogen and oxygen atoms in total. The molecule has 0 radical (unpaired) electrons. The Morgan fingerprint density at radius 2 is 2.22 bits per heavy atom. The molecule has 0 spiro atoms. The predicted octanol–water partition coefficient (Wildman–Crippen LogP) is 3.15. The summed E-state index contributed by atoms with van der Waals surface area (Å²) in [5.74, 6) is 0.391. The minimum absolute atomic E-state index is 0.186. The molecule has 23 heavy (non-hydrogen) atoms. The fourth-order valence-electron chi connectivity index (χ4n) is 1.79. The summed E-state index contributed by atoms with van der Waals surface area (Å²) < 4.78 is 5.55. The number of amides is 1. The molecule has 3 N–H and O–H groups in total. The number of carbonyl (C=O) groups is 1. The minimum Gasteiger partial charge on any atom is -0.492 e. The molecule has 1 aromatic heterocycles. The highest BCUT2D eigenvalue weighted by atomic mass is 35.5. The van der Waals surface area contributed by atoms with Crippen LogP contribution in [0.5, 0.6) is 5.75 Å². The van der Waals surface area contributed by atoms with Gasteiger partial charge in [-0.1, -0.05) is 23.2 Å². The second kappa shape index (κ2) is 9.08. The minimum atomic E-state index is -0.186. The summed E-state index contributed by atoms with van der Waals surface area (Å²) in [6.45, 7) is 1.46. The van der Waals surface area contributed by atoms with Crippen molar-refractivity contribution in [3.05, 3.63) is 44.3 Å². The Hall–Kier alpha value is -1.34. The van der Waals surface area contributed by atoms with Crippen LogP contribution >= 0.6 is 34.5 Å². The largest absolute Gasteiger partial charge is 0.492 e. The molecular formula is C15H17Cl2N3O2S. The number of hydrogen-bond acceptors (Lipinski definition) is 5. The van der Waals surface area contributed by atoms with Gasteiger partial charge in [-0.15, -0.1) is 11.3 Å². The third-order valence-corrected chi connectivity index (χ3v) is 4.34. The Bertz CT molecular complexity index is 664. The molecular weight excluding hydrogens is 357 g/mol. The van der Waals surface area contributed by atoms with E-state index >= 15 is 0 Å². The molecule has 8 heteroatoms. The van der Waals surface area contributed by atoms with Gasteiger partial charge in [0.25, 0.3) is 5.91 Å². The maximum Gasteiger partial charge on any atom is 0.270 e. The lowest BCUT2D eigenvalue weighted by Gasteiger charge is -2.08. The van der Waals surface area contributed by atoms with Crippen molar-refractivity contribution in [3.63, 3.8) is 0 Å². The average Bonchev–Trinajstić information content (AvgIpc) is 2.98. The third kappa shape index (κ3) is 5.66. The van der Waals surface area contributed by atoms with Crippen molar-refractivity contribution >= 4 is 40.4 Å². The number of halogens is 2. The van der Waals surface area contributed by atoms with Crippen molar-refractivity contribution in [2.75, 3.05) is 19.7 Å². The van der Waals surface area contributed by atoms with E-state index in [2.05, 4.69) is 10.3 Å². The predicted molar refractivity (Wildman–Crippen MR) is 93.8 cm³/mol. The Morgan fingerprint density at radius 1 is 1.39 bits per heavy atom. The van der Waals surface area contributed by atoms with Gasteiger partial charge in [0.15, 0.2) is 0 Å². The van der Waals surface area contributed by atoms with Crippen LogP contribution in [0.1, 0.15) is 21.9 Å². The number of benzene rings is 1. The van der Waals surface area contributed by atoms with Crippen molar-refractivity contribution in [2.24, 2.45) is 5.73 Å². The summed E-state index contributed by atoms with van der Waals surface area (Å²) in [5, 5.41) is 6.45. The van der Waals surface area contributed by atoms with Crippen molar-refractivity contribution < 1.29 is 9.53 Å². The van der Waals surface area contributed by atoms with Crippen LogP contribution in [-0.4, -0.2) is 30.6 Å². The molecule has 0 aliphatic rings. The maximum atomic E-state index is 11.9. The standard InChI is InChI=1S/C15H17Cl2N3O2S/c16-10-2-3-13(11(17)8-10)22-7-1-6-19-15(21)12-9-23-14(20-12)4-5-18/h2-3,8-9H,1,4-7,18H2,(H,19,21). The fourth-order valence-corrected chi connectivity index (χ4v) is 3.05. The molecule has 0 aliphatic heterocycles. The SMILES string of the molecule is NCCc1nc(C(=O)NCCCOc2ccc(Cl)cc2Cl)cs1. The molecule has 124 valence electrons. The van der Waals surface area contributed by atoms with Crippen LogP contribution in [0.3, 0.4) is 0 Å². The number of rotatable bonds is 8. The molecule has 0 saturated carbocycles. The zero-order valence-corrected chi connectivity index (χ0v) is 14.7. The van der Waals surface area contributed by atoms with Gasteiger partial charge in [-0.2, -0.15) is 0 Å². The average molecular weight is 374 g/mol. The number of thiazole rings is 1. The van der Waals surface area contributed by atoms with E-state index in [1.165, 1.54) is 11.3 Å². The number of nitrogens with one attached hydrogen (secondary N) is 1. The molecule has 1 aromatic carbocycles. The lowest BCUT2D eigenvalue weighted by molar-refractivity contribution is 0.0947. The smallest absolute Gasteiger partial charge is 0.270 e. The topological polar surface area (TPSA) is 77.2 Å². The van der Waals surface area contributed by atoms with Crippen molar-refractivity contribution in [2.45, 2.75) is 12.8 Å². The van der Waals surface area contributed by atoms with Crippen LogP contribution in [0.2, 0.25) is 10.0 Å². The highest BCUT2D eigenvalue weighted by Crippen LogP contribution is 2.27. The van der Waals surface area contributed by atoms with Gasteiger partial charge in [-0.25, -0.2) is 4.98 Å². The lowest BCUT2D eigenvalue weighted by Crippen LogP contribution is -2.26. The van der Waals surface area contributed by atoms with Crippen LogP contribution in [0, 0.1) is 0 Å². The molecule has 1 heterocycles. The van der Waals surface area contributed by atoms with Crippen molar-refractivity contribution in [3.8, 4) is 5.75 Å². The van der Waals surface area contributed by atoms with Crippen LogP contribution in [0.25, 0.3) is 0 Å². The monoisotopic (exact) mass is 373 g/mol. The van der Waals surface area contributed by atoms with Crippen molar-refractivity contribution in [1.29, 1.82) is 0 Å². The van der Waals surface area contributed by atoms with Gasteiger partial charge in [0.05, 0.1) is 16.6 Å². The first kappa shape index (κ1) is 18.0.